The van der Waals surface area contributed by atoms with Crippen molar-refractivity contribution in [2.24, 2.45) is 0 Å². The van der Waals surface area contributed by atoms with Gasteiger partial charge in [0.25, 0.3) is 0 Å². The van der Waals surface area contributed by atoms with Crippen LogP contribution in [0.1, 0.15) is 29.0 Å². The molecular formula is C11H14N2O. The normalized spacial score (nSPS) is 15.9. The average molecular weight is 190 g/mol. The molecule has 0 aliphatic carbocycles. The molecule has 74 valence electrons. The van der Waals surface area contributed by atoms with Crippen LogP contribution in [0, 0.1) is 6.92 Å². The highest BCUT2D eigenvalue weighted by molar-refractivity contribution is 5.74. The van der Waals surface area contributed by atoms with Crippen molar-refractivity contribution in [3.05, 3.63) is 23.5 Å². The summed E-state index contributed by atoms with van der Waals surface area (Å²) < 4.78 is 0. The van der Waals surface area contributed by atoms with Gasteiger partial charge in [-0.15, -0.1) is 0 Å². The Balaban J connectivity index is 2.31. The summed E-state index contributed by atoms with van der Waals surface area (Å²) in [6.45, 7) is 4.12. The molecule has 14 heavy (non-hydrogen) atoms. The van der Waals surface area contributed by atoms with Crippen LogP contribution in [0.2, 0.25) is 0 Å². The van der Waals surface area contributed by atoms with E-state index in [0.29, 0.717) is 5.69 Å². The summed E-state index contributed by atoms with van der Waals surface area (Å²) in [4.78, 5) is 17.1. The average Bonchev–Trinajstić information content (AvgIpc) is 2.69. The number of aromatic nitrogens is 1. The molecule has 3 nitrogen and oxygen atoms in total. The highest BCUT2D eigenvalue weighted by Crippen LogP contribution is 2.20. The third kappa shape index (κ3) is 1.76. The molecule has 0 atom stereocenters. The van der Waals surface area contributed by atoms with Gasteiger partial charge in [-0.25, -0.2) is 0 Å². The van der Waals surface area contributed by atoms with Crippen molar-refractivity contribution < 1.29 is 4.79 Å². The molecule has 3 heteroatoms. The number of aryl methyl sites for hydroxylation is 1. The van der Waals surface area contributed by atoms with Gasteiger partial charge in [0.1, 0.15) is 5.69 Å². The Bertz CT molecular complexity index is 343. The van der Waals surface area contributed by atoms with Crippen molar-refractivity contribution >= 4 is 12.0 Å². The zero-order valence-corrected chi connectivity index (χ0v) is 8.36. The zero-order valence-electron chi connectivity index (χ0n) is 8.36. The number of hydrogen-bond donors (Lipinski definition) is 0. The van der Waals surface area contributed by atoms with Gasteiger partial charge >= 0.3 is 0 Å². The van der Waals surface area contributed by atoms with Crippen LogP contribution in [0.25, 0.3) is 0 Å². The fourth-order valence-corrected chi connectivity index (χ4v) is 1.89. The molecule has 2 heterocycles. The van der Waals surface area contributed by atoms with Crippen LogP contribution in [0.4, 0.5) is 5.69 Å². The molecule has 1 aliphatic rings. The van der Waals surface area contributed by atoms with Gasteiger partial charge in [0.15, 0.2) is 6.29 Å². The van der Waals surface area contributed by atoms with Gasteiger partial charge in [-0.05, 0) is 31.9 Å². The van der Waals surface area contributed by atoms with Crippen molar-refractivity contribution in [1.82, 2.24) is 4.98 Å². The van der Waals surface area contributed by atoms with Gasteiger partial charge < -0.3 is 4.90 Å². The number of carbonyl (C=O) groups excluding carboxylic acids is 1. The Morgan fingerprint density at radius 1 is 1.36 bits per heavy atom. The van der Waals surface area contributed by atoms with Crippen LogP contribution in [0.15, 0.2) is 12.1 Å². The number of aldehydes is 1. The maximum absolute atomic E-state index is 10.6. The topological polar surface area (TPSA) is 33.2 Å². The lowest BCUT2D eigenvalue weighted by molar-refractivity contribution is 0.111. The lowest BCUT2D eigenvalue weighted by Crippen LogP contribution is -2.18. The standard InChI is InChI=1S/C11H14N2O/c1-9-6-11(7-10(8-14)12-9)13-4-2-3-5-13/h6-8H,2-5H2,1H3. The minimum absolute atomic E-state index is 0.534. The van der Waals surface area contributed by atoms with E-state index in [9.17, 15) is 4.79 Å². The van der Waals surface area contributed by atoms with Gasteiger partial charge in [-0.2, -0.15) is 0 Å². The monoisotopic (exact) mass is 190 g/mol. The number of anilines is 1. The summed E-state index contributed by atoms with van der Waals surface area (Å²) in [7, 11) is 0. The van der Waals surface area contributed by atoms with Crippen LogP contribution in [0.5, 0.6) is 0 Å². The molecule has 0 saturated carbocycles. The minimum Gasteiger partial charge on any atom is -0.371 e. The fraction of sp³-hybridized carbons (Fsp3) is 0.455. The molecule has 0 radical (unpaired) electrons. The van der Waals surface area contributed by atoms with E-state index >= 15 is 0 Å². The van der Waals surface area contributed by atoms with E-state index in [1.165, 1.54) is 12.8 Å². The number of hydrogen-bond acceptors (Lipinski definition) is 3. The number of rotatable bonds is 2. The van der Waals surface area contributed by atoms with Crippen molar-refractivity contribution in [1.29, 1.82) is 0 Å². The molecule has 0 aromatic carbocycles. The molecule has 1 saturated heterocycles. The highest BCUT2D eigenvalue weighted by Gasteiger charge is 2.13. The second kappa shape index (κ2) is 3.78. The molecule has 0 spiro atoms. The lowest BCUT2D eigenvalue weighted by Gasteiger charge is -2.17. The van der Waals surface area contributed by atoms with E-state index < -0.39 is 0 Å². The number of carbonyl (C=O) groups is 1. The maximum Gasteiger partial charge on any atom is 0.168 e. The second-order valence-corrected chi connectivity index (χ2v) is 3.70. The van der Waals surface area contributed by atoms with Gasteiger partial charge in [0, 0.05) is 24.5 Å². The van der Waals surface area contributed by atoms with Gasteiger partial charge in [-0.3, -0.25) is 9.78 Å². The summed E-state index contributed by atoms with van der Waals surface area (Å²) in [5.74, 6) is 0. The zero-order chi connectivity index (χ0) is 9.97. The molecule has 0 N–H and O–H groups in total. The summed E-state index contributed by atoms with van der Waals surface area (Å²) in [5, 5.41) is 0. The van der Waals surface area contributed by atoms with Crippen molar-refractivity contribution in [2.45, 2.75) is 19.8 Å². The first-order valence-electron chi connectivity index (χ1n) is 4.98. The van der Waals surface area contributed by atoms with Gasteiger partial charge in [0.2, 0.25) is 0 Å². The Hall–Kier alpha value is -1.38. The van der Waals surface area contributed by atoms with E-state index in [0.717, 1.165) is 30.8 Å². The predicted molar refractivity (Wildman–Crippen MR) is 55.8 cm³/mol. The second-order valence-electron chi connectivity index (χ2n) is 3.70. The van der Waals surface area contributed by atoms with Crippen LogP contribution in [0.3, 0.4) is 0 Å². The molecule has 1 aromatic heterocycles. The molecule has 0 unspecified atom stereocenters. The van der Waals surface area contributed by atoms with Crippen LogP contribution >= 0.6 is 0 Å². The number of pyridine rings is 1. The van der Waals surface area contributed by atoms with Crippen LogP contribution in [-0.4, -0.2) is 24.4 Å². The molecule has 2 rings (SSSR count). The van der Waals surface area contributed by atoms with E-state index in [2.05, 4.69) is 9.88 Å². The van der Waals surface area contributed by atoms with E-state index in [-0.39, 0.29) is 0 Å². The van der Waals surface area contributed by atoms with Crippen molar-refractivity contribution in [3.63, 3.8) is 0 Å². The van der Waals surface area contributed by atoms with E-state index in [4.69, 9.17) is 0 Å². The molecular weight excluding hydrogens is 176 g/mol. The Kier molecular flexibility index (Phi) is 2.48. The van der Waals surface area contributed by atoms with Crippen molar-refractivity contribution in [3.8, 4) is 0 Å². The summed E-state index contributed by atoms with van der Waals surface area (Å²) >= 11 is 0. The maximum atomic E-state index is 10.6. The van der Waals surface area contributed by atoms with Gasteiger partial charge in [-0.1, -0.05) is 0 Å². The lowest BCUT2D eigenvalue weighted by atomic mass is 10.2. The summed E-state index contributed by atoms with van der Waals surface area (Å²) in [6.07, 6.45) is 3.31. The van der Waals surface area contributed by atoms with Crippen LogP contribution < -0.4 is 4.90 Å². The van der Waals surface area contributed by atoms with Gasteiger partial charge in [0.05, 0.1) is 0 Å². The van der Waals surface area contributed by atoms with E-state index in [1.54, 1.807) is 0 Å². The smallest absolute Gasteiger partial charge is 0.168 e. The molecule has 0 amide bonds. The quantitative estimate of drug-likeness (QED) is 0.667. The predicted octanol–water partition coefficient (Wildman–Crippen LogP) is 1.80. The third-order valence-electron chi connectivity index (χ3n) is 2.55. The highest BCUT2D eigenvalue weighted by atomic mass is 16.1. The first-order valence-corrected chi connectivity index (χ1v) is 4.98. The minimum atomic E-state index is 0.534. The summed E-state index contributed by atoms with van der Waals surface area (Å²) in [6, 6.07) is 3.91. The molecule has 1 fully saturated rings. The Morgan fingerprint density at radius 2 is 2.07 bits per heavy atom. The molecule has 1 aromatic rings. The molecule has 0 bridgehead atoms. The van der Waals surface area contributed by atoms with Crippen molar-refractivity contribution in [2.75, 3.05) is 18.0 Å². The molecule has 1 aliphatic heterocycles. The fourth-order valence-electron chi connectivity index (χ4n) is 1.89. The first kappa shape index (κ1) is 9.19. The summed E-state index contributed by atoms with van der Waals surface area (Å²) in [5.41, 5.74) is 2.58. The first-order chi connectivity index (χ1) is 6.79. The Labute approximate surface area is 83.8 Å². The Morgan fingerprint density at radius 3 is 2.71 bits per heavy atom. The largest absolute Gasteiger partial charge is 0.371 e. The number of nitrogens with zero attached hydrogens (tertiary/aromatic N) is 2. The third-order valence-corrected chi connectivity index (χ3v) is 2.55. The SMILES string of the molecule is Cc1cc(N2CCCC2)cc(C=O)n1. The van der Waals surface area contributed by atoms with E-state index in [1.807, 2.05) is 19.1 Å². The van der Waals surface area contributed by atoms with Crippen LogP contribution in [-0.2, 0) is 0 Å².